The SMILES string of the molecule is CCCCCCCC/C=C\C/C=C/C(CC(=O)NC(CO)C(O)CCCCCCCCCCCCCCCC)OC(=O)CCCCCCC/C=C/CCCCCCCCC. The van der Waals surface area contributed by atoms with Crippen molar-refractivity contribution in [1.29, 1.82) is 0 Å². The second-order valence-electron chi connectivity index (χ2n) is 17.9. The summed E-state index contributed by atoms with van der Waals surface area (Å²) in [6.07, 6.45) is 56.7. The van der Waals surface area contributed by atoms with E-state index in [0.29, 0.717) is 12.8 Å². The number of ether oxygens (including phenoxy) is 1. The third-order valence-electron chi connectivity index (χ3n) is 11.9. The first-order chi connectivity index (χ1) is 29.5. The lowest BCUT2D eigenvalue weighted by atomic mass is 10.0. The summed E-state index contributed by atoms with van der Waals surface area (Å²) >= 11 is 0. The maximum absolute atomic E-state index is 13.2. The van der Waals surface area contributed by atoms with Gasteiger partial charge in [-0.1, -0.05) is 231 Å². The van der Waals surface area contributed by atoms with Gasteiger partial charge in [0.2, 0.25) is 5.91 Å². The Kier molecular flexibility index (Phi) is 46.6. The summed E-state index contributed by atoms with van der Waals surface area (Å²) in [6.45, 7) is 6.45. The minimum Gasteiger partial charge on any atom is -0.458 e. The fraction of sp³-hybridized carbons (Fsp3) is 0.852. The molecule has 0 rings (SSSR count). The van der Waals surface area contributed by atoms with Gasteiger partial charge in [0.1, 0.15) is 6.10 Å². The van der Waals surface area contributed by atoms with Gasteiger partial charge in [-0.2, -0.15) is 0 Å². The van der Waals surface area contributed by atoms with Crippen LogP contribution in [-0.4, -0.2) is 46.9 Å². The highest BCUT2D eigenvalue weighted by atomic mass is 16.5. The average molecular weight is 844 g/mol. The summed E-state index contributed by atoms with van der Waals surface area (Å²) in [5.41, 5.74) is 0. The van der Waals surface area contributed by atoms with Gasteiger partial charge < -0.3 is 20.3 Å². The van der Waals surface area contributed by atoms with Crippen molar-refractivity contribution in [3.05, 3.63) is 36.5 Å². The summed E-state index contributed by atoms with van der Waals surface area (Å²) in [5.74, 6) is -0.604. The lowest BCUT2D eigenvalue weighted by Crippen LogP contribution is -2.46. The summed E-state index contributed by atoms with van der Waals surface area (Å²) in [4.78, 5) is 26.0. The molecule has 0 heterocycles. The minimum atomic E-state index is -0.810. The van der Waals surface area contributed by atoms with E-state index < -0.39 is 18.2 Å². The second kappa shape index (κ2) is 48.1. The quantitative estimate of drug-likeness (QED) is 0.0322. The first-order valence-corrected chi connectivity index (χ1v) is 26.2. The second-order valence-corrected chi connectivity index (χ2v) is 17.9. The number of nitrogens with one attached hydrogen (secondary N) is 1. The average Bonchev–Trinajstić information content (AvgIpc) is 3.24. The van der Waals surface area contributed by atoms with Crippen molar-refractivity contribution < 1.29 is 24.5 Å². The predicted octanol–water partition coefficient (Wildman–Crippen LogP) is 15.7. The van der Waals surface area contributed by atoms with E-state index in [1.807, 2.05) is 12.2 Å². The number of hydrogen-bond donors (Lipinski definition) is 3. The molecule has 0 aromatic rings. The Morgan fingerprint density at radius 2 is 0.883 bits per heavy atom. The molecule has 0 saturated heterocycles. The largest absolute Gasteiger partial charge is 0.458 e. The maximum Gasteiger partial charge on any atom is 0.306 e. The minimum absolute atomic E-state index is 0.0295. The highest BCUT2D eigenvalue weighted by Crippen LogP contribution is 2.16. The first kappa shape index (κ1) is 58.1. The molecule has 0 spiro atoms. The van der Waals surface area contributed by atoms with Crippen LogP contribution < -0.4 is 5.32 Å². The highest BCUT2D eigenvalue weighted by molar-refractivity contribution is 5.78. The number of hydrogen-bond acceptors (Lipinski definition) is 5. The van der Waals surface area contributed by atoms with Crippen LogP contribution in [0.5, 0.6) is 0 Å². The molecule has 0 fully saturated rings. The van der Waals surface area contributed by atoms with Crippen molar-refractivity contribution in [3.8, 4) is 0 Å². The lowest BCUT2D eigenvalue weighted by Gasteiger charge is -2.23. The van der Waals surface area contributed by atoms with Crippen LogP contribution >= 0.6 is 0 Å². The number of amides is 1. The monoisotopic (exact) mass is 844 g/mol. The number of aliphatic hydroxyl groups excluding tert-OH is 2. The van der Waals surface area contributed by atoms with Crippen LogP contribution in [0.3, 0.4) is 0 Å². The van der Waals surface area contributed by atoms with E-state index >= 15 is 0 Å². The van der Waals surface area contributed by atoms with Gasteiger partial charge in [-0.25, -0.2) is 0 Å². The molecule has 3 atom stereocenters. The van der Waals surface area contributed by atoms with Gasteiger partial charge in [-0.05, 0) is 63.9 Å². The van der Waals surface area contributed by atoms with Gasteiger partial charge in [-0.15, -0.1) is 0 Å². The number of carbonyl (C=O) groups excluding carboxylic acids is 2. The highest BCUT2D eigenvalue weighted by Gasteiger charge is 2.23. The van der Waals surface area contributed by atoms with E-state index in [-0.39, 0.29) is 24.9 Å². The third-order valence-corrected chi connectivity index (χ3v) is 11.9. The zero-order chi connectivity index (χ0) is 43.8. The van der Waals surface area contributed by atoms with Gasteiger partial charge in [-0.3, -0.25) is 9.59 Å². The fourth-order valence-corrected chi connectivity index (χ4v) is 7.92. The Hall–Kier alpha value is -1.92. The van der Waals surface area contributed by atoms with Crippen LogP contribution in [0, 0.1) is 0 Å². The Morgan fingerprint density at radius 1 is 0.500 bits per heavy atom. The molecule has 3 unspecified atom stereocenters. The molecule has 6 heteroatoms. The molecule has 0 radical (unpaired) electrons. The Labute approximate surface area is 373 Å². The molecule has 0 aliphatic rings. The van der Waals surface area contributed by atoms with Crippen molar-refractivity contribution in [1.82, 2.24) is 5.32 Å². The van der Waals surface area contributed by atoms with Crippen molar-refractivity contribution in [2.45, 2.75) is 289 Å². The fourth-order valence-electron chi connectivity index (χ4n) is 7.92. The lowest BCUT2D eigenvalue weighted by molar-refractivity contribution is -0.148. The van der Waals surface area contributed by atoms with Gasteiger partial charge in [0.15, 0.2) is 0 Å². The molecular formula is C54H101NO5. The van der Waals surface area contributed by atoms with Crippen molar-refractivity contribution >= 4 is 11.9 Å². The van der Waals surface area contributed by atoms with E-state index in [0.717, 1.165) is 57.8 Å². The normalized spacial score (nSPS) is 13.5. The molecule has 0 bridgehead atoms. The van der Waals surface area contributed by atoms with Crippen molar-refractivity contribution in [2.24, 2.45) is 0 Å². The smallest absolute Gasteiger partial charge is 0.306 e. The summed E-state index contributed by atoms with van der Waals surface area (Å²) in [5, 5.41) is 23.7. The number of aliphatic hydroxyl groups is 2. The molecule has 0 saturated carbocycles. The van der Waals surface area contributed by atoms with Crippen LogP contribution in [0.2, 0.25) is 0 Å². The molecule has 60 heavy (non-hydrogen) atoms. The van der Waals surface area contributed by atoms with E-state index in [2.05, 4.69) is 50.4 Å². The molecular weight excluding hydrogens is 743 g/mol. The van der Waals surface area contributed by atoms with Crippen LogP contribution in [0.15, 0.2) is 36.5 Å². The van der Waals surface area contributed by atoms with Gasteiger partial charge in [0, 0.05) is 6.42 Å². The van der Waals surface area contributed by atoms with Gasteiger partial charge >= 0.3 is 5.97 Å². The van der Waals surface area contributed by atoms with Crippen molar-refractivity contribution in [2.75, 3.05) is 6.61 Å². The molecule has 352 valence electrons. The number of unbranched alkanes of at least 4 members (excludes halogenated alkanes) is 31. The van der Waals surface area contributed by atoms with Gasteiger partial charge in [0.25, 0.3) is 0 Å². The van der Waals surface area contributed by atoms with Crippen LogP contribution in [0.25, 0.3) is 0 Å². The van der Waals surface area contributed by atoms with E-state index in [9.17, 15) is 19.8 Å². The molecule has 0 aromatic heterocycles. The van der Waals surface area contributed by atoms with Crippen LogP contribution in [-0.2, 0) is 14.3 Å². The molecule has 3 N–H and O–H groups in total. The van der Waals surface area contributed by atoms with Crippen LogP contribution in [0.1, 0.15) is 271 Å². The predicted molar refractivity (Wildman–Crippen MR) is 259 cm³/mol. The third kappa shape index (κ3) is 42.8. The molecule has 0 aliphatic heterocycles. The number of carbonyl (C=O) groups is 2. The number of allylic oxidation sites excluding steroid dienone is 5. The standard InChI is InChI=1S/C54H101NO5/c1-4-7-10-13-16-19-22-24-26-27-29-32-35-38-41-44-47-54(59)60-50(45-42-39-36-33-30-21-18-15-12-9-6-3)48-53(58)55-51(49-56)52(57)46-43-40-37-34-31-28-25-23-20-17-14-11-8-5-2/h26-27,33,36,42,45,50-52,56-57H,4-25,28-32,34-35,37-41,43-44,46-49H2,1-3H3,(H,55,58)/b27-26+,36-33-,45-42+. The summed E-state index contributed by atoms with van der Waals surface area (Å²) < 4.78 is 5.82. The zero-order valence-electron chi connectivity index (χ0n) is 40.1. The molecule has 1 amide bonds. The Bertz CT molecular complexity index is 993. The van der Waals surface area contributed by atoms with Crippen molar-refractivity contribution in [3.63, 3.8) is 0 Å². The summed E-state index contributed by atoms with van der Waals surface area (Å²) in [7, 11) is 0. The van der Waals surface area contributed by atoms with Gasteiger partial charge in [0.05, 0.1) is 25.2 Å². The number of rotatable bonds is 47. The van der Waals surface area contributed by atoms with Crippen LogP contribution in [0.4, 0.5) is 0 Å². The Morgan fingerprint density at radius 3 is 1.32 bits per heavy atom. The zero-order valence-corrected chi connectivity index (χ0v) is 40.1. The summed E-state index contributed by atoms with van der Waals surface area (Å²) in [6, 6.07) is -0.731. The van der Waals surface area contributed by atoms with E-state index in [4.69, 9.17) is 4.74 Å². The maximum atomic E-state index is 13.2. The Balaban J connectivity index is 4.58. The first-order valence-electron chi connectivity index (χ1n) is 26.2. The molecule has 6 nitrogen and oxygen atoms in total. The molecule has 0 aliphatic carbocycles. The number of esters is 1. The molecule has 0 aromatic carbocycles. The van der Waals surface area contributed by atoms with E-state index in [1.165, 1.54) is 173 Å². The van der Waals surface area contributed by atoms with E-state index in [1.54, 1.807) is 0 Å². The topological polar surface area (TPSA) is 95.9 Å².